The van der Waals surface area contributed by atoms with Crippen LogP contribution < -0.4 is 4.74 Å². The van der Waals surface area contributed by atoms with Gasteiger partial charge in [0.15, 0.2) is 0 Å². The molecule has 1 aliphatic carbocycles. The van der Waals surface area contributed by atoms with Crippen molar-refractivity contribution in [1.29, 1.82) is 5.26 Å². The molecule has 1 aliphatic rings. The van der Waals surface area contributed by atoms with Gasteiger partial charge in [0.05, 0.1) is 31.0 Å². The maximum absolute atomic E-state index is 8.80. The van der Waals surface area contributed by atoms with Crippen LogP contribution in [-0.2, 0) is 6.42 Å². The summed E-state index contributed by atoms with van der Waals surface area (Å²) in [7, 11) is 1.66. The molecule has 4 heteroatoms. The monoisotopic (exact) mass is 253 g/mol. The van der Waals surface area contributed by atoms with Gasteiger partial charge in [-0.25, -0.2) is 4.68 Å². The Morgan fingerprint density at radius 2 is 2.11 bits per heavy atom. The number of hydrogen-bond acceptors (Lipinski definition) is 3. The van der Waals surface area contributed by atoms with Crippen LogP contribution in [-0.4, -0.2) is 16.9 Å². The third-order valence-electron chi connectivity index (χ3n) is 3.36. The number of nitrogens with zero attached hydrogens (tertiary/aromatic N) is 3. The van der Waals surface area contributed by atoms with Gasteiger partial charge in [0, 0.05) is 11.6 Å². The van der Waals surface area contributed by atoms with Gasteiger partial charge in [-0.2, -0.15) is 10.4 Å². The summed E-state index contributed by atoms with van der Waals surface area (Å²) in [6.45, 7) is 0. The third kappa shape index (κ3) is 2.32. The third-order valence-corrected chi connectivity index (χ3v) is 3.36. The molecule has 0 radical (unpaired) electrons. The molecule has 0 spiro atoms. The lowest BCUT2D eigenvalue weighted by atomic mass is 10.2. The molecule has 0 amide bonds. The number of nitriles is 1. The summed E-state index contributed by atoms with van der Waals surface area (Å²) in [4.78, 5) is 0. The van der Waals surface area contributed by atoms with Crippen molar-refractivity contribution >= 4 is 0 Å². The van der Waals surface area contributed by atoms with Crippen molar-refractivity contribution in [1.82, 2.24) is 9.78 Å². The quantitative estimate of drug-likeness (QED) is 0.841. The second kappa shape index (κ2) is 4.77. The molecule has 3 rings (SSSR count). The van der Waals surface area contributed by atoms with Gasteiger partial charge in [-0.15, -0.1) is 0 Å². The molecular formula is C15H15N3O. The Bertz CT molecular complexity index is 618. The summed E-state index contributed by atoms with van der Waals surface area (Å²) in [5.74, 6) is 1.43. The first-order valence-electron chi connectivity index (χ1n) is 6.42. The second-order valence-electron chi connectivity index (χ2n) is 4.78. The van der Waals surface area contributed by atoms with Crippen molar-refractivity contribution in [2.45, 2.75) is 25.2 Å². The minimum Gasteiger partial charge on any atom is -0.497 e. The van der Waals surface area contributed by atoms with E-state index in [-0.39, 0.29) is 0 Å². The maximum Gasteiger partial charge on any atom is 0.119 e. The highest BCUT2D eigenvalue weighted by Gasteiger charge is 2.28. The summed E-state index contributed by atoms with van der Waals surface area (Å²) >= 11 is 0. The standard InChI is InChI=1S/C15H15N3O/c1-19-14-6-4-13(5-7-14)18-15(11-2-3-11)10-12(17-18)8-9-16/h4-7,10-11H,2-3,8H2,1H3. The Hall–Kier alpha value is -2.28. The van der Waals surface area contributed by atoms with Crippen LogP contribution in [0.1, 0.15) is 30.1 Å². The Morgan fingerprint density at radius 1 is 1.37 bits per heavy atom. The zero-order valence-corrected chi connectivity index (χ0v) is 10.8. The van der Waals surface area contributed by atoms with Crippen molar-refractivity contribution < 1.29 is 4.74 Å². The van der Waals surface area contributed by atoms with Gasteiger partial charge in [-0.1, -0.05) is 0 Å². The van der Waals surface area contributed by atoms with Gasteiger partial charge >= 0.3 is 0 Å². The molecule has 0 atom stereocenters. The number of methoxy groups -OCH3 is 1. The van der Waals surface area contributed by atoms with Crippen LogP contribution in [0.5, 0.6) is 5.75 Å². The van der Waals surface area contributed by atoms with E-state index in [1.807, 2.05) is 28.9 Å². The molecule has 0 saturated heterocycles. The highest BCUT2D eigenvalue weighted by atomic mass is 16.5. The first kappa shape index (κ1) is 11.8. The normalized spacial score (nSPS) is 14.1. The number of benzene rings is 1. The lowest BCUT2D eigenvalue weighted by Gasteiger charge is -2.07. The highest BCUT2D eigenvalue weighted by molar-refractivity contribution is 5.40. The molecule has 1 saturated carbocycles. The van der Waals surface area contributed by atoms with E-state index in [1.165, 1.54) is 18.5 Å². The minimum atomic E-state index is 0.364. The van der Waals surface area contributed by atoms with Gasteiger partial charge in [0.25, 0.3) is 0 Å². The van der Waals surface area contributed by atoms with Gasteiger partial charge in [-0.05, 0) is 43.2 Å². The topological polar surface area (TPSA) is 50.8 Å². The van der Waals surface area contributed by atoms with Crippen LogP contribution in [0.4, 0.5) is 0 Å². The summed E-state index contributed by atoms with van der Waals surface area (Å²) in [6, 6.07) is 12.1. The molecule has 1 aromatic heterocycles. The summed E-state index contributed by atoms with van der Waals surface area (Å²) in [5.41, 5.74) is 3.09. The fourth-order valence-corrected chi connectivity index (χ4v) is 2.21. The van der Waals surface area contributed by atoms with Gasteiger partial charge in [0.2, 0.25) is 0 Å². The first-order chi connectivity index (χ1) is 9.31. The number of aromatic nitrogens is 2. The summed E-state index contributed by atoms with van der Waals surface area (Å²) < 4.78 is 7.13. The van der Waals surface area contributed by atoms with Crippen LogP contribution >= 0.6 is 0 Å². The number of hydrogen-bond donors (Lipinski definition) is 0. The van der Waals surface area contributed by atoms with Gasteiger partial charge < -0.3 is 4.74 Å². The Labute approximate surface area is 112 Å². The van der Waals surface area contributed by atoms with Crippen molar-refractivity contribution in [3.63, 3.8) is 0 Å². The van der Waals surface area contributed by atoms with E-state index in [4.69, 9.17) is 10.00 Å². The largest absolute Gasteiger partial charge is 0.497 e. The minimum absolute atomic E-state index is 0.364. The first-order valence-corrected chi connectivity index (χ1v) is 6.42. The van der Waals surface area contributed by atoms with E-state index in [0.29, 0.717) is 12.3 Å². The van der Waals surface area contributed by atoms with Crippen LogP contribution in [0.25, 0.3) is 5.69 Å². The van der Waals surface area contributed by atoms with Crippen molar-refractivity contribution in [3.05, 3.63) is 41.7 Å². The lowest BCUT2D eigenvalue weighted by molar-refractivity contribution is 0.414. The molecule has 1 aromatic carbocycles. The smallest absolute Gasteiger partial charge is 0.119 e. The Morgan fingerprint density at radius 3 is 2.68 bits per heavy atom. The van der Waals surface area contributed by atoms with E-state index >= 15 is 0 Å². The second-order valence-corrected chi connectivity index (χ2v) is 4.78. The lowest BCUT2D eigenvalue weighted by Crippen LogP contribution is -2.01. The summed E-state index contributed by atoms with van der Waals surface area (Å²) in [5, 5.41) is 13.3. The molecule has 0 N–H and O–H groups in total. The fourth-order valence-electron chi connectivity index (χ4n) is 2.21. The Balaban J connectivity index is 1.99. The molecule has 1 heterocycles. The Kier molecular flexibility index (Phi) is 2.96. The van der Waals surface area contributed by atoms with Crippen molar-refractivity contribution in [2.24, 2.45) is 0 Å². The molecule has 4 nitrogen and oxygen atoms in total. The highest BCUT2D eigenvalue weighted by Crippen LogP contribution is 2.41. The average Bonchev–Trinajstić information content (AvgIpc) is 3.21. The van der Waals surface area contributed by atoms with E-state index in [1.54, 1.807) is 7.11 Å². The summed E-state index contributed by atoms with van der Waals surface area (Å²) in [6.07, 6.45) is 2.80. The zero-order valence-electron chi connectivity index (χ0n) is 10.8. The van der Waals surface area contributed by atoms with E-state index < -0.39 is 0 Å². The fraction of sp³-hybridized carbons (Fsp3) is 0.333. The molecule has 0 unspecified atom stereocenters. The molecule has 0 aliphatic heterocycles. The van der Waals surface area contributed by atoms with E-state index in [2.05, 4.69) is 17.2 Å². The number of rotatable bonds is 4. The van der Waals surface area contributed by atoms with E-state index in [0.717, 1.165) is 17.1 Å². The zero-order chi connectivity index (χ0) is 13.2. The average molecular weight is 253 g/mol. The predicted molar refractivity (Wildman–Crippen MR) is 71.4 cm³/mol. The SMILES string of the molecule is COc1ccc(-n2nc(CC#N)cc2C2CC2)cc1. The van der Waals surface area contributed by atoms with Gasteiger partial charge in [-0.3, -0.25) is 0 Å². The van der Waals surface area contributed by atoms with E-state index in [9.17, 15) is 0 Å². The predicted octanol–water partition coefficient (Wildman–Crippen LogP) is 2.82. The molecule has 96 valence electrons. The van der Waals surface area contributed by atoms with Crippen molar-refractivity contribution in [3.8, 4) is 17.5 Å². The van der Waals surface area contributed by atoms with Crippen LogP contribution in [0, 0.1) is 11.3 Å². The van der Waals surface area contributed by atoms with Crippen LogP contribution in [0.2, 0.25) is 0 Å². The van der Waals surface area contributed by atoms with Crippen molar-refractivity contribution in [2.75, 3.05) is 7.11 Å². The van der Waals surface area contributed by atoms with Gasteiger partial charge in [0.1, 0.15) is 5.75 Å². The molecule has 19 heavy (non-hydrogen) atoms. The molecule has 0 bridgehead atoms. The number of ether oxygens (including phenoxy) is 1. The van der Waals surface area contributed by atoms with Crippen LogP contribution in [0.15, 0.2) is 30.3 Å². The molecule has 1 fully saturated rings. The molecular weight excluding hydrogens is 238 g/mol. The molecule has 2 aromatic rings. The maximum atomic E-state index is 8.80. The van der Waals surface area contributed by atoms with Crippen LogP contribution in [0.3, 0.4) is 0 Å².